The Morgan fingerprint density at radius 2 is 1.29 bits per heavy atom. The monoisotopic (exact) mass is 527 g/mol. The molecule has 1 heterocycles. The fourth-order valence-corrected chi connectivity index (χ4v) is 10.4. The van der Waals surface area contributed by atoms with Gasteiger partial charge in [0.05, 0.1) is 39.9 Å². The first-order chi connectivity index (χ1) is 16.6. The number of benzene rings is 2. The maximum Gasteiger partial charge on any atom is 0.198 e. The van der Waals surface area contributed by atoms with E-state index in [1.807, 2.05) is 24.1 Å². The van der Waals surface area contributed by atoms with Crippen LogP contribution < -0.4 is 23.8 Å². The number of hydrogen-bond donors (Lipinski definition) is 0. The largest absolute Gasteiger partial charge is 0.493 e. The van der Waals surface area contributed by atoms with E-state index in [-0.39, 0.29) is 35.7 Å². The van der Waals surface area contributed by atoms with Crippen LogP contribution in [0.25, 0.3) is 0 Å². The van der Waals surface area contributed by atoms with Crippen LogP contribution in [0.5, 0.6) is 23.0 Å². The Morgan fingerprint density at radius 1 is 0.771 bits per heavy atom. The van der Waals surface area contributed by atoms with E-state index in [0.717, 1.165) is 5.69 Å². The molecule has 35 heavy (non-hydrogen) atoms. The average Bonchev–Trinajstić information content (AvgIpc) is 2.84. The Balaban J connectivity index is 1.97. The maximum absolute atomic E-state index is 13.5. The van der Waals surface area contributed by atoms with E-state index in [1.165, 1.54) is 26.4 Å². The van der Waals surface area contributed by atoms with Crippen molar-refractivity contribution in [1.29, 1.82) is 0 Å². The number of hydrogen-bond acceptors (Lipinski definition) is 9. The van der Waals surface area contributed by atoms with Crippen LogP contribution in [0, 0.1) is 0 Å². The smallest absolute Gasteiger partial charge is 0.198 e. The third-order valence-electron chi connectivity index (χ3n) is 6.46. The fourth-order valence-electron chi connectivity index (χ4n) is 4.59. The standard InChI is InChI=1S/C24H33NO8S2/c1-25(19-9-11-21(31-3)23(17-19)33-5)13-6-12-24(34(26,27)14-7-15-35(24,28)29)18-8-10-20(30-2)22(16-18)32-4/h8-11,16-17H,6-7,12-15H2,1-5H3. The van der Waals surface area contributed by atoms with Crippen LogP contribution in [0.4, 0.5) is 5.69 Å². The number of methoxy groups -OCH3 is 4. The lowest BCUT2D eigenvalue weighted by molar-refractivity contribution is 0.354. The van der Waals surface area contributed by atoms with Gasteiger partial charge in [-0.2, -0.15) is 0 Å². The van der Waals surface area contributed by atoms with Gasteiger partial charge >= 0.3 is 0 Å². The van der Waals surface area contributed by atoms with E-state index in [0.29, 0.717) is 30.2 Å². The molecule has 0 N–H and O–H groups in total. The quantitative estimate of drug-likeness (QED) is 0.461. The summed E-state index contributed by atoms with van der Waals surface area (Å²) in [6.07, 6.45) is 0.327. The molecule has 194 valence electrons. The first-order valence-electron chi connectivity index (χ1n) is 11.2. The molecule has 2 aromatic carbocycles. The molecule has 1 saturated heterocycles. The van der Waals surface area contributed by atoms with E-state index >= 15 is 0 Å². The van der Waals surface area contributed by atoms with E-state index in [9.17, 15) is 16.8 Å². The molecule has 9 nitrogen and oxygen atoms in total. The SMILES string of the molecule is COc1ccc(N(C)CCCC2(c3ccc(OC)c(OC)c3)S(=O)(=O)CCCS2(=O)=O)cc1OC. The van der Waals surface area contributed by atoms with Crippen molar-refractivity contribution in [3.63, 3.8) is 0 Å². The molecule has 0 atom stereocenters. The molecule has 0 spiro atoms. The Hall–Kier alpha value is -2.66. The van der Waals surface area contributed by atoms with E-state index in [4.69, 9.17) is 18.9 Å². The van der Waals surface area contributed by atoms with Gasteiger partial charge in [0, 0.05) is 25.3 Å². The minimum Gasteiger partial charge on any atom is -0.493 e. The highest BCUT2D eigenvalue weighted by Crippen LogP contribution is 2.47. The summed E-state index contributed by atoms with van der Waals surface area (Å²) in [6, 6.07) is 9.99. The third-order valence-corrected chi connectivity index (χ3v) is 12.5. The van der Waals surface area contributed by atoms with Gasteiger partial charge in [0.1, 0.15) is 0 Å². The van der Waals surface area contributed by atoms with Gasteiger partial charge in [0.25, 0.3) is 0 Å². The molecule has 0 unspecified atom stereocenters. The van der Waals surface area contributed by atoms with Gasteiger partial charge < -0.3 is 23.8 Å². The lowest BCUT2D eigenvalue weighted by atomic mass is 10.1. The molecule has 0 radical (unpaired) electrons. The summed E-state index contributed by atoms with van der Waals surface area (Å²) in [7, 11) is -0.174. The zero-order valence-electron chi connectivity index (χ0n) is 20.7. The van der Waals surface area contributed by atoms with Crippen molar-refractivity contribution in [1.82, 2.24) is 0 Å². The highest BCUT2D eigenvalue weighted by Gasteiger charge is 2.57. The first kappa shape index (κ1) is 26.9. The predicted molar refractivity (Wildman–Crippen MR) is 135 cm³/mol. The lowest BCUT2D eigenvalue weighted by Crippen LogP contribution is -2.50. The minimum absolute atomic E-state index is 0.0786. The van der Waals surface area contributed by atoms with Crippen LogP contribution in [0.1, 0.15) is 24.8 Å². The Morgan fingerprint density at radius 3 is 1.83 bits per heavy atom. The predicted octanol–water partition coefficient (Wildman–Crippen LogP) is 3.02. The zero-order valence-corrected chi connectivity index (χ0v) is 22.4. The van der Waals surface area contributed by atoms with Gasteiger partial charge in [-0.05, 0) is 49.1 Å². The summed E-state index contributed by atoms with van der Waals surface area (Å²) < 4.78 is 73.1. The lowest BCUT2D eigenvalue weighted by Gasteiger charge is -2.37. The number of sulfone groups is 2. The second-order valence-corrected chi connectivity index (χ2v) is 13.3. The van der Waals surface area contributed by atoms with Gasteiger partial charge in [-0.3, -0.25) is 0 Å². The van der Waals surface area contributed by atoms with Crippen molar-refractivity contribution in [2.24, 2.45) is 0 Å². The van der Waals surface area contributed by atoms with Crippen LogP contribution in [0.2, 0.25) is 0 Å². The van der Waals surface area contributed by atoms with Gasteiger partial charge in [-0.1, -0.05) is 6.07 Å². The molecule has 0 amide bonds. The molecule has 0 aliphatic carbocycles. The molecule has 2 aromatic rings. The Bertz CT molecular complexity index is 1220. The molecular weight excluding hydrogens is 494 g/mol. The summed E-state index contributed by atoms with van der Waals surface area (Å²) in [5, 5.41) is 0. The molecule has 11 heteroatoms. The highest BCUT2D eigenvalue weighted by atomic mass is 32.3. The second-order valence-electron chi connectivity index (χ2n) is 8.38. The number of nitrogens with zero attached hydrogens (tertiary/aromatic N) is 1. The fraction of sp³-hybridized carbons (Fsp3) is 0.500. The summed E-state index contributed by atoms with van der Waals surface area (Å²) in [5.74, 6) is 1.46. The maximum atomic E-state index is 13.5. The van der Waals surface area contributed by atoms with Crippen LogP contribution in [0.3, 0.4) is 0 Å². The normalized spacial score (nSPS) is 17.9. The third kappa shape index (κ3) is 4.88. The van der Waals surface area contributed by atoms with Crippen LogP contribution in [-0.4, -0.2) is 70.4 Å². The van der Waals surface area contributed by atoms with Crippen LogP contribution >= 0.6 is 0 Å². The van der Waals surface area contributed by atoms with Crippen molar-refractivity contribution in [2.45, 2.75) is 23.3 Å². The average molecular weight is 528 g/mol. The minimum atomic E-state index is -4.01. The molecule has 0 bridgehead atoms. The van der Waals surface area contributed by atoms with Gasteiger partial charge in [0.2, 0.25) is 0 Å². The summed E-state index contributed by atoms with van der Waals surface area (Å²) in [4.78, 5) is 1.92. The molecular formula is C24H33NO8S2. The number of rotatable bonds is 10. The van der Waals surface area contributed by atoms with Gasteiger partial charge in [-0.15, -0.1) is 0 Å². The second kappa shape index (κ2) is 10.5. The number of anilines is 1. The first-order valence-corrected chi connectivity index (χ1v) is 14.5. The van der Waals surface area contributed by atoms with Crippen molar-refractivity contribution in [3.8, 4) is 23.0 Å². The topological polar surface area (TPSA) is 108 Å². The Labute approximate surface area is 207 Å². The van der Waals surface area contributed by atoms with Crippen LogP contribution in [0.15, 0.2) is 36.4 Å². The summed E-state index contributed by atoms with van der Waals surface area (Å²) in [6.45, 7) is 0.426. The molecule has 0 aromatic heterocycles. The molecule has 1 aliphatic heterocycles. The van der Waals surface area contributed by atoms with E-state index in [1.54, 1.807) is 26.4 Å². The summed E-state index contributed by atoms with van der Waals surface area (Å²) in [5.41, 5.74) is 1.01. The molecule has 1 fully saturated rings. The van der Waals surface area contributed by atoms with E-state index < -0.39 is 23.8 Å². The molecule has 0 saturated carbocycles. The zero-order chi connectivity index (χ0) is 25.9. The van der Waals surface area contributed by atoms with Crippen molar-refractivity contribution in [3.05, 3.63) is 42.0 Å². The van der Waals surface area contributed by atoms with Gasteiger partial charge in [-0.25, -0.2) is 16.8 Å². The van der Waals surface area contributed by atoms with Crippen molar-refractivity contribution in [2.75, 3.05) is 58.4 Å². The molecule has 3 rings (SSSR count). The van der Waals surface area contributed by atoms with E-state index in [2.05, 4.69) is 0 Å². The molecule has 1 aliphatic rings. The van der Waals surface area contributed by atoms with Crippen molar-refractivity contribution >= 4 is 25.4 Å². The Kier molecular flexibility index (Phi) is 8.10. The van der Waals surface area contributed by atoms with Crippen LogP contribution in [-0.2, 0) is 23.8 Å². The number of ether oxygens (including phenoxy) is 4. The van der Waals surface area contributed by atoms with Gasteiger partial charge in [0.15, 0.2) is 46.8 Å². The summed E-state index contributed by atoms with van der Waals surface area (Å²) >= 11 is 0. The highest BCUT2D eigenvalue weighted by molar-refractivity contribution is 8.10. The van der Waals surface area contributed by atoms with Crippen molar-refractivity contribution < 1.29 is 35.8 Å².